The van der Waals surface area contributed by atoms with Gasteiger partial charge >= 0.3 is 0 Å². The molecule has 0 aliphatic rings. The summed E-state index contributed by atoms with van der Waals surface area (Å²) in [5.74, 6) is 2.43. The molecule has 0 saturated carbocycles. The number of rotatable bonds is 6. The predicted molar refractivity (Wildman–Crippen MR) is 98.6 cm³/mol. The molecule has 0 N–H and O–H groups in total. The number of pyridine rings is 1. The van der Waals surface area contributed by atoms with Crippen molar-refractivity contribution in [2.24, 2.45) is 7.05 Å². The van der Waals surface area contributed by atoms with Crippen molar-refractivity contribution in [3.8, 4) is 17.2 Å². The molecular weight excluding hydrogens is 441 g/mol. The van der Waals surface area contributed by atoms with Gasteiger partial charge < -0.3 is 38.2 Å². The average Bonchev–Trinajstić information content (AvgIpc) is 2.67. The Morgan fingerprint density at radius 1 is 0.769 bits per heavy atom. The van der Waals surface area contributed by atoms with Crippen LogP contribution in [-0.2, 0) is 19.9 Å². The Kier molecular flexibility index (Phi) is 7.08. The Morgan fingerprint density at radius 3 is 2.15 bits per heavy atom. The molecule has 1 heterocycles. The van der Waals surface area contributed by atoms with E-state index in [0.717, 1.165) is 35.5 Å². The molecule has 0 atom stereocenters. The fraction of sp³-hybridized carbons (Fsp3) is 0.286. The zero-order chi connectivity index (χ0) is 17.8. The lowest BCUT2D eigenvalue weighted by Gasteiger charge is -2.10. The van der Waals surface area contributed by atoms with Crippen LogP contribution in [0.25, 0.3) is 10.9 Å². The summed E-state index contributed by atoms with van der Waals surface area (Å²) in [4.78, 5) is 0. The van der Waals surface area contributed by atoms with Gasteiger partial charge in [0.15, 0.2) is 17.2 Å². The second-order valence-electron chi connectivity index (χ2n) is 5.97. The minimum absolute atomic E-state index is 0. The van der Waals surface area contributed by atoms with Gasteiger partial charge in [-0.15, -0.1) is 0 Å². The highest BCUT2D eigenvalue weighted by molar-refractivity contribution is 5.82. The van der Waals surface area contributed by atoms with Crippen LogP contribution in [0.3, 0.4) is 0 Å². The van der Waals surface area contributed by atoms with Gasteiger partial charge in [-0.1, -0.05) is 18.2 Å². The molecular formula is C21H24INO3. The van der Waals surface area contributed by atoms with E-state index in [1.54, 1.807) is 21.3 Å². The van der Waals surface area contributed by atoms with E-state index in [4.69, 9.17) is 14.2 Å². The van der Waals surface area contributed by atoms with Crippen molar-refractivity contribution in [3.05, 3.63) is 59.8 Å². The van der Waals surface area contributed by atoms with E-state index in [9.17, 15) is 0 Å². The fourth-order valence-electron chi connectivity index (χ4n) is 3.17. The van der Waals surface area contributed by atoms with Crippen LogP contribution in [0.5, 0.6) is 17.2 Å². The minimum atomic E-state index is 0. The van der Waals surface area contributed by atoms with Crippen molar-refractivity contribution in [3.63, 3.8) is 0 Å². The molecule has 0 unspecified atom stereocenters. The third kappa shape index (κ3) is 4.03. The molecule has 2 aromatic carbocycles. The molecule has 0 aliphatic heterocycles. The topological polar surface area (TPSA) is 31.6 Å². The first kappa shape index (κ1) is 20.3. The van der Waals surface area contributed by atoms with Crippen molar-refractivity contribution in [1.29, 1.82) is 0 Å². The van der Waals surface area contributed by atoms with Crippen molar-refractivity contribution in [2.45, 2.75) is 12.8 Å². The number of aryl methyl sites for hydroxylation is 3. The lowest BCUT2D eigenvalue weighted by Crippen LogP contribution is -3.00. The second kappa shape index (κ2) is 9.07. The fourth-order valence-corrected chi connectivity index (χ4v) is 3.17. The lowest BCUT2D eigenvalue weighted by atomic mass is 10.1. The van der Waals surface area contributed by atoms with Gasteiger partial charge in [0, 0.05) is 18.6 Å². The van der Waals surface area contributed by atoms with Crippen LogP contribution in [0.4, 0.5) is 0 Å². The van der Waals surface area contributed by atoms with Crippen LogP contribution >= 0.6 is 0 Å². The number of methoxy groups -OCH3 is 3. The highest BCUT2D eigenvalue weighted by Gasteiger charge is 2.16. The average molecular weight is 465 g/mol. The van der Waals surface area contributed by atoms with Crippen molar-refractivity contribution in [2.75, 3.05) is 21.3 Å². The molecule has 0 bridgehead atoms. The highest BCUT2D eigenvalue weighted by Crippen LogP contribution is 2.28. The SMILES string of the molecule is COc1ccc(CCc2cc(OC)c3ccccc3[n+]2C)cc1OC.[I-]. The number of hydrogen-bond donors (Lipinski definition) is 0. The largest absolute Gasteiger partial charge is 1.00 e. The van der Waals surface area contributed by atoms with Gasteiger partial charge in [0.25, 0.3) is 0 Å². The zero-order valence-electron chi connectivity index (χ0n) is 15.6. The van der Waals surface area contributed by atoms with E-state index < -0.39 is 0 Å². The van der Waals surface area contributed by atoms with Gasteiger partial charge in [0.2, 0.25) is 5.52 Å². The lowest BCUT2D eigenvalue weighted by molar-refractivity contribution is -0.652. The van der Waals surface area contributed by atoms with Gasteiger partial charge in [0.1, 0.15) is 12.8 Å². The van der Waals surface area contributed by atoms with E-state index >= 15 is 0 Å². The number of aromatic nitrogens is 1. The number of halogens is 1. The third-order valence-electron chi connectivity index (χ3n) is 4.60. The van der Waals surface area contributed by atoms with Crippen LogP contribution < -0.4 is 42.8 Å². The number of ether oxygens (including phenoxy) is 3. The number of benzene rings is 2. The Bertz CT molecular complexity index is 896. The van der Waals surface area contributed by atoms with Crippen LogP contribution in [0.15, 0.2) is 48.5 Å². The zero-order valence-corrected chi connectivity index (χ0v) is 17.7. The van der Waals surface area contributed by atoms with E-state index in [1.807, 2.05) is 18.2 Å². The van der Waals surface area contributed by atoms with E-state index in [0.29, 0.717) is 0 Å². The standard InChI is InChI=1S/C21H24NO3.HI/c1-22-16(14-20(24-3)17-7-5-6-8-18(17)22)11-9-15-10-12-19(23-2)21(13-15)25-4;/h5-8,10,12-14H,9,11H2,1-4H3;1H/q+1;/p-1. The van der Waals surface area contributed by atoms with Crippen LogP contribution in [0, 0.1) is 0 Å². The minimum Gasteiger partial charge on any atom is -1.00 e. The molecule has 0 radical (unpaired) electrons. The smallest absolute Gasteiger partial charge is 0.216 e. The summed E-state index contributed by atoms with van der Waals surface area (Å²) in [5.41, 5.74) is 3.61. The maximum Gasteiger partial charge on any atom is 0.216 e. The summed E-state index contributed by atoms with van der Waals surface area (Å²) in [6, 6.07) is 16.5. The summed E-state index contributed by atoms with van der Waals surface area (Å²) < 4.78 is 18.5. The number of nitrogens with zero attached hydrogens (tertiary/aromatic N) is 1. The first-order chi connectivity index (χ1) is 12.2. The van der Waals surface area contributed by atoms with Crippen LogP contribution in [-0.4, -0.2) is 21.3 Å². The van der Waals surface area contributed by atoms with Crippen LogP contribution in [0.1, 0.15) is 11.3 Å². The molecule has 5 heteroatoms. The number of hydrogen-bond acceptors (Lipinski definition) is 3. The first-order valence-electron chi connectivity index (χ1n) is 8.33. The van der Waals surface area contributed by atoms with Gasteiger partial charge in [-0.3, -0.25) is 0 Å². The molecule has 26 heavy (non-hydrogen) atoms. The number of fused-ring (bicyclic) bond motifs is 1. The monoisotopic (exact) mass is 465 g/mol. The van der Waals surface area contributed by atoms with Crippen molar-refractivity contribution >= 4 is 10.9 Å². The molecule has 0 amide bonds. The van der Waals surface area contributed by atoms with Gasteiger partial charge in [-0.05, 0) is 30.2 Å². The van der Waals surface area contributed by atoms with Crippen LogP contribution in [0.2, 0.25) is 0 Å². The Morgan fingerprint density at radius 2 is 1.46 bits per heavy atom. The first-order valence-corrected chi connectivity index (χ1v) is 8.33. The van der Waals surface area contributed by atoms with Crippen molar-refractivity contribution < 1.29 is 42.8 Å². The molecule has 3 rings (SSSR count). The molecule has 1 aromatic heterocycles. The summed E-state index contributed by atoms with van der Waals surface area (Å²) in [6.07, 6.45) is 1.82. The summed E-state index contributed by atoms with van der Waals surface area (Å²) >= 11 is 0. The van der Waals surface area contributed by atoms with Gasteiger partial charge in [0.05, 0.1) is 26.7 Å². The second-order valence-corrected chi connectivity index (χ2v) is 5.97. The Balaban J connectivity index is 0.00000243. The molecule has 138 valence electrons. The van der Waals surface area contributed by atoms with E-state index in [2.05, 4.69) is 41.9 Å². The maximum absolute atomic E-state index is 5.59. The molecule has 3 aromatic rings. The maximum atomic E-state index is 5.59. The van der Waals surface area contributed by atoms with Gasteiger partial charge in [-0.25, -0.2) is 0 Å². The van der Waals surface area contributed by atoms with Crippen molar-refractivity contribution in [1.82, 2.24) is 0 Å². The number of para-hydroxylation sites is 1. The van der Waals surface area contributed by atoms with E-state index in [-0.39, 0.29) is 24.0 Å². The molecule has 0 saturated heterocycles. The summed E-state index contributed by atoms with van der Waals surface area (Å²) in [7, 11) is 7.14. The predicted octanol–water partition coefficient (Wildman–Crippen LogP) is 0.479. The summed E-state index contributed by atoms with van der Waals surface area (Å²) in [5, 5.41) is 1.13. The quantitative estimate of drug-likeness (QED) is 0.392. The normalized spacial score (nSPS) is 10.3. The Hall–Kier alpha value is -2.02. The molecule has 0 aliphatic carbocycles. The van der Waals surface area contributed by atoms with Gasteiger partial charge in [-0.2, -0.15) is 4.57 Å². The third-order valence-corrected chi connectivity index (χ3v) is 4.60. The molecule has 0 spiro atoms. The highest BCUT2D eigenvalue weighted by atomic mass is 127. The molecule has 0 fully saturated rings. The van der Waals surface area contributed by atoms with E-state index in [1.165, 1.54) is 16.8 Å². The Labute approximate surface area is 171 Å². The summed E-state index contributed by atoms with van der Waals surface area (Å²) in [6.45, 7) is 0. The molecule has 4 nitrogen and oxygen atoms in total.